The molecule has 0 unspecified atom stereocenters. The van der Waals surface area contributed by atoms with E-state index in [1.54, 1.807) is 11.9 Å². The van der Waals surface area contributed by atoms with Crippen molar-refractivity contribution in [2.75, 3.05) is 32.7 Å². The highest BCUT2D eigenvalue weighted by Gasteiger charge is 2.25. The number of H-pyrrole nitrogens is 1. The summed E-state index contributed by atoms with van der Waals surface area (Å²) in [5, 5.41) is 9.30. The Morgan fingerprint density at radius 3 is 2.56 bits per heavy atom. The average Bonchev–Trinajstić information content (AvgIpc) is 3.20. The van der Waals surface area contributed by atoms with Gasteiger partial charge in [-0.2, -0.15) is 0 Å². The molecule has 2 saturated heterocycles. The number of rotatable bonds is 7. The number of nitrogens with one attached hydrogen (secondary N) is 2. The fourth-order valence-electron chi connectivity index (χ4n) is 3.64. The lowest BCUT2D eigenvalue weighted by atomic mass is 10.1. The molecule has 0 spiro atoms. The van der Waals surface area contributed by atoms with Crippen molar-refractivity contribution in [2.45, 2.75) is 31.8 Å². The number of likely N-dealkylation sites (tertiary alicyclic amines) is 1. The molecule has 1 aromatic heterocycles. The van der Waals surface area contributed by atoms with Crippen LogP contribution in [0.25, 0.3) is 6.08 Å². The average molecular weight is 450 g/mol. The molecule has 1 aromatic carbocycles. The molecule has 168 valence electrons. The van der Waals surface area contributed by atoms with Crippen LogP contribution < -0.4 is 0 Å². The SMILES string of the molecule is C/C=C(C)\C=C/c1ccc(SN2CCN(Cc3ccc(C(=N)N4CCC4)cc3)C(=O)C2)[nH]1. The molecular weight excluding hydrogens is 418 g/mol. The van der Waals surface area contributed by atoms with E-state index in [1.807, 2.05) is 36.1 Å². The van der Waals surface area contributed by atoms with Crippen LogP contribution in [-0.2, 0) is 11.3 Å². The summed E-state index contributed by atoms with van der Waals surface area (Å²) >= 11 is 1.61. The number of amidine groups is 1. The van der Waals surface area contributed by atoms with Crippen LogP contribution in [0.1, 0.15) is 37.1 Å². The van der Waals surface area contributed by atoms with Crippen LogP contribution in [0, 0.1) is 5.41 Å². The number of carbonyl (C=O) groups excluding carboxylic acids is 1. The minimum atomic E-state index is 0.150. The lowest BCUT2D eigenvalue weighted by Gasteiger charge is -2.34. The van der Waals surface area contributed by atoms with Gasteiger partial charge in [-0.25, -0.2) is 4.31 Å². The van der Waals surface area contributed by atoms with E-state index in [-0.39, 0.29) is 5.91 Å². The first-order valence-electron chi connectivity index (χ1n) is 11.2. The maximum absolute atomic E-state index is 12.7. The third-order valence-corrected chi connectivity index (χ3v) is 6.95. The van der Waals surface area contributed by atoms with E-state index < -0.39 is 0 Å². The molecule has 7 heteroatoms. The van der Waals surface area contributed by atoms with E-state index in [9.17, 15) is 4.79 Å². The second kappa shape index (κ2) is 10.2. The first-order valence-corrected chi connectivity index (χ1v) is 11.9. The van der Waals surface area contributed by atoms with Gasteiger partial charge in [-0.3, -0.25) is 10.2 Å². The van der Waals surface area contributed by atoms with Crippen molar-refractivity contribution in [3.05, 3.63) is 70.9 Å². The Morgan fingerprint density at radius 2 is 1.91 bits per heavy atom. The number of aromatic amines is 1. The summed E-state index contributed by atoms with van der Waals surface area (Å²) in [6, 6.07) is 12.2. The van der Waals surface area contributed by atoms with Crippen LogP contribution >= 0.6 is 11.9 Å². The van der Waals surface area contributed by atoms with Crippen LogP contribution in [0.5, 0.6) is 0 Å². The lowest BCUT2D eigenvalue weighted by Crippen LogP contribution is -2.47. The topological polar surface area (TPSA) is 66.4 Å². The Labute approximate surface area is 194 Å². The molecule has 0 aliphatic carbocycles. The Hall–Kier alpha value is -2.77. The monoisotopic (exact) mass is 449 g/mol. The molecule has 4 rings (SSSR count). The van der Waals surface area contributed by atoms with Crippen molar-refractivity contribution in [2.24, 2.45) is 0 Å². The zero-order valence-electron chi connectivity index (χ0n) is 18.8. The van der Waals surface area contributed by atoms with Crippen molar-refractivity contribution in [3.8, 4) is 0 Å². The molecule has 32 heavy (non-hydrogen) atoms. The zero-order valence-corrected chi connectivity index (χ0v) is 19.6. The highest BCUT2D eigenvalue weighted by Crippen LogP contribution is 2.25. The van der Waals surface area contributed by atoms with Crippen LogP contribution in [0.15, 0.2) is 59.1 Å². The van der Waals surface area contributed by atoms with Gasteiger partial charge in [0.15, 0.2) is 0 Å². The lowest BCUT2D eigenvalue weighted by molar-refractivity contribution is -0.134. The number of hydrogen-bond acceptors (Lipinski definition) is 4. The van der Waals surface area contributed by atoms with Crippen molar-refractivity contribution in [1.82, 2.24) is 19.1 Å². The summed E-state index contributed by atoms with van der Waals surface area (Å²) in [5.74, 6) is 0.751. The molecule has 1 amide bonds. The van der Waals surface area contributed by atoms with Crippen molar-refractivity contribution in [1.29, 1.82) is 5.41 Å². The quantitative estimate of drug-likeness (QED) is 0.285. The largest absolute Gasteiger partial charge is 0.356 e. The minimum absolute atomic E-state index is 0.150. The first kappa shape index (κ1) is 22.4. The van der Waals surface area contributed by atoms with E-state index in [4.69, 9.17) is 5.41 Å². The molecule has 2 fully saturated rings. The Balaban J connectivity index is 1.27. The molecular formula is C25H31N5OS. The normalized spacial score (nSPS) is 17.8. The van der Waals surface area contributed by atoms with Gasteiger partial charge in [0, 0.05) is 44.0 Å². The summed E-state index contributed by atoms with van der Waals surface area (Å²) in [5.41, 5.74) is 4.34. The molecule has 2 N–H and O–H groups in total. The number of nitrogens with zero attached hydrogens (tertiary/aromatic N) is 3. The van der Waals surface area contributed by atoms with Crippen molar-refractivity contribution in [3.63, 3.8) is 0 Å². The number of aromatic nitrogens is 1. The predicted octanol–water partition coefficient (Wildman–Crippen LogP) is 4.38. The molecule has 6 nitrogen and oxygen atoms in total. The van der Waals surface area contributed by atoms with E-state index in [0.717, 1.165) is 41.5 Å². The van der Waals surface area contributed by atoms with Gasteiger partial charge in [0.1, 0.15) is 5.84 Å². The zero-order chi connectivity index (χ0) is 22.5. The second-order valence-corrected chi connectivity index (χ2v) is 9.44. The van der Waals surface area contributed by atoms with Crippen molar-refractivity contribution < 1.29 is 4.79 Å². The summed E-state index contributed by atoms with van der Waals surface area (Å²) in [6.45, 7) is 8.64. The van der Waals surface area contributed by atoms with Gasteiger partial charge < -0.3 is 14.8 Å². The van der Waals surface area contributed by atoms with Gasteiger partial charge in [-0.05, 0) is 56.0 Å². The molecule has 0 atom stereocenters. The molecule has 3 heterocycles. The Bertz CT molecular complexity index is 1020. The Kier molecular flexibility index (Phi) is 7.17. The van der Waals surface area contributed by atoms with Gasteiger partial charge in [0.2, 0.25) is 5.91 Å². The Morgan fingerprint density at radius 1 is 1.12 bits per heavy atom. The van der Waals surface area contributed by atoms with E-state index >= 15 is 0 Å². The number of amides is 1. The van der Waals surface area contributed by atoms with E-state index in [1.165, 1.54) is 12.0 Å². The van der Waals surface area contributed by atoms with E-state index in [2.05, 4.69) is 51.5 Å². The number of hydrogen-bond donors (Lipinski definition) is 2. The fourth-order valence-corrected chi connectivity index (χ4v) is 4.56. The van der Waals surface area contributed by atoms with Crippen LogP contribution in [0.3, 0.4) is 0 Å². The maximum atomic E-state index is 12.7. The van der Waals surface area contributed by atoms with Crippen molar-refractivity contribution >= 4 is 29.8 Å². The molecule has 2 aromatic rings. The first-order chi connectivity index (χ1) is 15.5. The fraction of sp³-hybridized carbons (Fsp3) is 0.360. The molecule has 0 radical (unpaired) electrons. The molecule has 0 saturated carbocycles. The molecule has 0 bridgehead atoms. The molecule has 2 aliphatic heterocycles. The second-order valence-electron chi connectivity index (χ2n) is 8.30. The smallest absolute Gasteiger partial charge is 0.238 e. The molecule has 2 aliphatic rings. The summed E-state index contributed by atoms with van der Waals surface area (Å²) in [7, 11) is 0. The number of carbonyl (C=O) groups is 1. The van der Waals surface area contributed by atoms with Crippen LogP contribution in [-0.4, -0.2) is 63.6 Å². The van der Waals surface area contributed by atoms with Gasteiger partial charge in [-0.15, -0.1) is 0 Å². The highest BCUT2D eigenvalue weighted by atomic mass is 32.2. The number of benzene rings is 1. The summed E-state index contributed by atoms with van der Waals surface area (Å²) in [6.07, 6.45) is 7.40. The summed E-state index contributed by atoms with van der Waals surface area (Å²) in [4.78, 5) is 20.1. The third-order valence-electron chi connectivity index (χ3n) is 5.95. The van der Waals surface area contributed by atoms with Gasteiger partial charge in [0.05, 0.1) is 11.6 Å². The minimum Gasteiger partial charge on any atom is -0.356 e. The third kappa shape index (κ3) is 5.53. The predicted molar refractivity (Wildman–Crippen MR) is 132 cm³/mol. The number of piperazine rings is 1. The van der Waals surface area contributed by atoms with Gasteiger partial charge in [0.25, 0.3) is 0 Å². The van der Waals surface area contributed by atoms with Gasteiger partial charge in [-0.1, -0.05) is 42.0 Å². The highest BCUT2D eigenvalue weighted by molar-refractivity contribution is 7.97. The number of allylic oxidation sites excluding steroid dienone is 3. The van der Waals surface area contributed by atoms with Crippen LogP contribution in [0.2, 0.25) is 0 Å². The maximum Gasteiger partial charge on any atom is 0.238 e. The standard InChI is InChI=1S/C25H31N5OS/c1-3-19(2)5-10-22-11-12-23(27-22)32-30-16-15-29(24(31)18-30)17-20-6-8-21(9-7-20)25(26)28-13-4-14-28/h3,5-12,26-27H,4,13-18H2,1-2H3/b10-5-,19-3-,26-25?. The van der Waals surface area contributed by atoms with E-state index in [0.29, 0.717) is 25.5 Å². The van der Waals surface area contributed by atoms with Gasteiger partial charge >= 0.3 is 0 Å². The van der Waals surface area contributed by atoms with Crippen LogP contribution in [0.4, 0.5) is 0 Å². The summed E-state index contributed by atoms with van der Waals surface area (Å²) < 4.78 is 2.12.